The molecule has 0 heterocycles. The largest absolute Gasteiger partial charge is 0.244 e. The molecule has 0 fully saturated rings. The van der Waals surface area contributed by atoms with Crippen LogP contribution in [0.25, 0.3) is 0 Å². The third-order valence-corrected chi connectivity index (χ3v) is 6.70. The summed E-state index contributed by atoms with van der Waals surface area (Å²) < 4.78 is 28.2. The third-order valence-electron chi connectivity index (χ3n) is 2.64. The van der Waals surface area contributed by atoms with Crippen molar-refractivity contribution < 1.29 is 8.42 Å². The highest BCUT2D eigenvalue weighted by Crippen LogP contribution is 2.30. The predicted octanol–water partition coefficient (Wildman–Crippen LogP) is 4.32. The molecule has 0 spiro atoms. The van der Waals surface area contributed by atoms with Crippen LogP contribution in [0.15, 0.2) is 26.0 Å². The Hall–Kier alpha value is 0.570. The summed E-state index contributed by atoms with van der Waals surface area (Å²) >= 11 is 10.0. The number of sulfonamides is 1. The lowest BCUT2D eigenvalue weighted by atomic mass is 10.2. The van der Waals surface area contributed by atoms with Crippen LogP contribution in [0.2, 0.25) is 0 Å². The molecule has 19 heavy (non-hydrogen) atoms. The van der Waals surface area contributed by atoms with E-state index in [-0.39, 0.29) is 0 Å². The maximum absolute atomic E-state index is 12.7. The Morgan fingerprint density at radius 3 is 2.32 bits per heavy atom. The van der Waals surface area contributed by atoms with Gasteiger partial charge in [-0.25, -0.2) is 8.42 Å². The lowest BCUT2D eigenvalue weighted by molar-refractivity contribution is 0.430. The number of alkyl halides is 1. The van der Waals surface area contributed by atoms with E-state index in [0.29, 0.717) is 27.8 Å². The number of aryl methyl sites for hydroxylation is 1. The van der Waals surface area contributed by atoms with Gasteiger partial charge in [0.2, 0.25) is 10.0 Å². The van der Waals surface area contributed by atoms with Crippen molar-refractivity contribution >= 4 is 57.8 Å². The summed E-state index contributed by atoms with van der Waals surface area (Å²) in [5.74, 6) is 0. The van der Waals surface area contributed by atoms with Crippen LogP contribution in [0.4, 0.5) is 0 Å². The zero-order valence-electron chi connectivity index (χ0n) is 10.8. The topological polar surface area (TPSA) is 37.4 Å². The number of nitrogens with zero attached hydrogens (tertiary/aromatic N) is 1. The van der Waals surface area contributed by atoms with Gasteiger partial charge in [-0.3, -0.25) is 0 Å². The van der Waals surface area contributed by atoms with Crippen molar-refractivity contribution in [1.29, 1.82) is 0 Å². The molecule has 108 valence electrons. The standard InChI is InChI=1S/C12H16Br3NO2S/c1-3-5-16(6-4-13)19(17,18)12-8-10(14)9(2)7-11(12)15/h7-8H,3-6H2,1-2H3. The van der Waals surface area contributed by atoms with Crippen molar-refractivity contribution in [1.82, 2.24) is 4.31 Å². The lowest BCUT2D eigenvalue weighted by Gasteiger charge is -2.21. The molecular weight excluding hydrogens is 462 g/mol. The Kier molecular flexibility index (Phi) is 6.99. The SMILES string of the molecule is CCCN(CCBr)S(=O)(=O)c1cc(Br)c(C)cc1Br. The number of hydrogen-bond donors (Lipinski definition) is 0. The van der Waals surface area contributed by atoms with Gasteiger partial charge in [0.05, 0.1) is 4.90 Å². The Labute approximate surface area is 140 Å². The quantitative estimate of drug-likeness (QED) is 0.572. The number of halogens is 3. The van der Waals surface area contributed by atoms with Crippen LogP contribution < -0.4 is 0 Å². The summed E-state index contributed by atoms with van der Waals surface area (Å²) in [6.07, 6.45) is 0.789. The van der Waals surface area contributed by atoms with Crippen LogP contribution >= 0.6 is 47.8 Å². The molecule has 0 radical (unpaired) electrons. The monoisotopic (exact) mass is 475 g/mol. The van der Waals surface area contributed by atoms with E-state index in [1.54, 1.807) is 6.07 Å². The highest BCUT2D eigenvalue weighted by molar-refractivity contribution is 9.11. The number of rotatable bonds is 6. The molecule has 0 aromatic heterocycles. The molecule has 0 aliphatic carbocycles. The minimum absolute atomic E-state index is 0.305. The van der Waals surface area contributed by atoms with Crippen LogP contribution in [0.3, 0.4) is 0 Å². The molecule has 7 heteroatoms. The van der Waals surface area contributed by atoms with E-state index in [1.165, 1.54) is 4.31 Å². The average Bonchev–Trinajstić information content (AvgIpc) is 2.33. The molecule has 0 aliphatic heterocycles. The fraction of sp³-hybridized carbons (Fsp3) is 0.500. The molecule has 1 aromatic rings. The van der Waals surface area contributed by atoms with E-state index in [1.807, 2.05) is 19.9 Å². The minimum atomic E-state index is -3.47. The summed E-state index contributed by atoms with van der Waals surface area (Å²) in [6, 6.07) is 3.47. The van der Waals surface area contributed by atoms with Gasteiger partial charge in [0, 0.05) is 27.4 Å². The zero-order chi connectivity index (χ0) is 14.6. The first kappa shape index (κ1) is 17.6. The lowest BCUT2D eigenvalue weighted by Crippen LogP contribution is -2.33. The van der Waals surface area contributed by atoms with E-state index in [2.05, 4.69) is 47.8 Å². The van der Waals surface area contributed by atoms with Gasteiger partial charge in [-0.15, -0.1) is 0 Å². The molecule has 0 amide bonds. The molecule has 0 saturated carbocycles. The van der Waals surface area contributed by atoms with Crippen LogP contribution in [0.1, 0.15) is 18.9 Å². The summed E-state index contributed by atoms with van der Waals surface area (Å²) in [4.78, 5) is 0.305. The Morgan fingerprint density at radius 2 is 1.79 bits per heavy atom. The molecule has 0 saturated heterocycles. The van der Waals surface area contributed by atoms with Gasteiger partial charge in [-0.1, -0.05) is 38.8 Å². The van der Waals surface area contributed by atoms with Gasteiger partial charge in [0.1, 0.15) is 0 Å². The molecule has 0 atom stereocenters. The van der Waals surface area contributed by atoms with Crippen molar-refractivity contribution in [3.05, 3.63) is 26.6 Å². The molecular formula is C12H16Br3NO2S. The Bertz CT molecular complexity index is 540. The van der Waals surface area contributed by atoms with Crippen LogP contribution in [0, 0.1) is 6.92 Å². The first-order valence-electron chi connectivity index (χ1n) is 5.86. The van der Waals surface area contributed by atoms with E-state index >= 15 is 0 Å². The van der Waals surface area contributed by atoms with Gasteiger partial charge in [-0.05, 0) is 47.0 Å². The fourth-order valence-electron chi connectivity index (χ4n) is 1.66. The molecule has 0 bridgehead atoms. The van der Waals surface area contributed by atoms with Gasteiger partial charge in [0.15, 0.2) is 0 Å². The first-order chi connectivity index (χ1) is 8.84. The van der Waals surface area contributed by atoms with Crippen molar-refractivity contribution in [2.45, 2.75) is 25.2 Å². The van der Waals surface area contributed by atoms with Crippen LogP contribution in [0.5, 0.6) is 0 Å². The molecule has 1 aromatic carbocycles. The number of benzene rings is 1. The maximum atomic E-state index is 12.7. The van der Waals surface area contributed by atoms with Crippen LogP contribution in [-0.4, -0.2) is 31.1 Å². The normalized spacial score (nSPS) is 12.1. The molecule has 1 rings (SSSR count). The van der Waals surface area contributed by atoms with E-state index in [0.717, 1.165) is 16.5 Å². The predicted molar refractivity (Wildman–Crippen MR) is 89.4 cm³/mol. The Morgan fingerprint density at radius 1 is 1.16 bits per heavy atom. The fourth-order valence-corrected chi connectivity index (χ4v) is 5.49. The Balaban J connectivity index is 3.28. The first-order valence-corrected chi connectivity index (χ1v) is 10.0. The highest BCUT2D eigenvalue weighted by atomic mass is 79.9. The van der Waals surface area contributed by atoms with Gasteiger partial charge >= 0.3 is 0 Å². The summed E-state index contributed by atoms with van der Waals surface area (Å²) in [5, 5.41) is 0.622. The van der Waals surface area contributed by atoms with E-state index in [9.17, 15) is 8.42 Å². The van der Waals surface area contributed by atoms with Crippen LogP contribution in [-0.2, 0) is 10.0 Å². The van der Waals surface area contributed by atoms with Gasteiger partial charge < -0.3 is 0 Å². The maximum Gasteiger partial charge on any atom is 0.244 e. The van der Waals surface area contributed by atoms with Crippen molar-refractivity contribution in [3.63, 3.8) is 0 Å². The molecule has 0 N–H and O–H groups in total. The summed E-state index contributed by atoms with van der Waals surface area (Å²) in [6.45, 7) is 4.88. The third kappa shape index (κ3) is 4.27. The second kappa shape index (κ2) is 7.54. The second-order valence-electron chi connectivity index (χ2n) is 4.12. The molecule has 0 unspecified atom stereocenters. The van der Waals surface area contributed by atoms with E-state index < -0.39 is 10.0 Å². The minimum Gasteiger partial charge on any atom is -0.207 e. The van der Waals surface area contributed by atoms with E-state index in [4.69, 9.17) is 0 Å². The smallest absolute Gasteiger partial charge is 0.207 e. The van der Waals surface area contributed by atoms with Gasteiger partial charge in [0.25, 0.3) is 0 Å². The zero-order valence-corrected chi connectivity index (χ0v) is 16.4. The molecule has 3 nitrogen and oxygen atoms in total. The van der Waals surface area contributed by atoms with Crippen molar-refractivity contribution in [2.75, 3.05) is 18.4 Å². The molecule has 0 aliphatic rings. The number of hydrogen-bond acceptors (Lipinski definition) is 2. The summed E-state index contributed by atoms with van der Waals surface area (Å²) in [7, 11) is -3.47. The average molecular weight is 478 g/mol. The summed E-state index contributed by atoms with van der Waals surface area (Å²) in [5.41, 5.74) is 0.994. The van der Waals surface area contributed by atoms with Gasteiger partial charge in [-0.2, -0.15) is 4.31 Å². The highest BCUT2D eigenvalue weighted by Gasteiger charge is 2.26. The second-order valence-corrected chi connectivity index (χ2v) is 8.53. The van der Waals surface area contributed by atoms with Crippen molar-refractivity contribution in [2.24, 2.45) is 0 Å². The van der Waals surface area contributed by atoms with Crippen molar-refractivity contribution in [3.8, 4) is 0 Å².